The summed E-state index contributed by atoms with van der Waals surface area (Å²) < 4.78 is 5.91. The molecular weight excluding hydrogens is 354 g/mol. The van der Waals surface area contributed by atoms with Crippen molar-refractivity contribution in [1.82, 2.24) is 0 Å². The summed E-state index contributed by atoms with van der Waals surface area (Å²) in [6, 6.07) is 16.2. The number of benzene rings is 2. The van der Waals surface area contributed by atoms with E-state index in [2.05, 4.69) is 30.3 Å². The molecule has 3 rings (SSSR count). The lowest BCUT2D eigenvalue weighted by Gasteiger charge is -2.32. The molecule has 1 aliphatic heterocycles. The Balaban J connectivity index is 1.78. The third kappa shape index (κ3) is 5.18. The van der Waals surface area contributed by atoms with Gasteiger partial charge in [0.15, 0.2) is 0 Å². The van der Waals surface area contributed by atoms with Crippen molar-refractivity contribution >= 4 is 0 Å². The molecule has 0 aromatic heterocycles. The maximum Gasteiger partial charge on any atom is 0.0994 e. The summed E-state index contributed by atoms with van der Waals surface area (Å²) in [6.07, 6.45) is 2.02. The Kier molecular flexibility index (Phi) is 7.18. The second-order valence-corrected chi connectivity index (χ2v) is 7.40. The number of ether oxygens (including phenoxy) is 1. The van der Waals surface area contributed by atoms with Crippen LogP contribution < -0.4 is 0 Å². The van der Waals surface area contributed by atoms with Gasteiger partial charge >= 0.3 is 0 Å². The summed E-state index contributed by atoms with van der Waals surface area (Å²) in [6.45, 7) is 0.0778. The van der Waals surface area contributed by atoms with Crippen LogP contribution in [0.25, 0.3) is 0 Å². The molecule has 1 heterocycles. The van der Waals surface area contributed by atoms with E-state index >= 15 is 0 Å². The Morgan fingerprint density at radius 2 is 1.79 bits per heavy atom. The molecule has 2 aromatic rings. The van der Waals surface area contributed by atoms with Gasteiger partial charge in [-0.1, -0.05) is 36.4 Å². The SMILES string of the molecule is N#Cc1ccc([C@H]2C[C@@H](O)C[C@@H](CO)O2)cc1Cc1ccc(CCCO)cc1. The third-order valence-corrected chi connectivity index (χ3v) is 5.24. The highest BCUT2D eigenvalue weighted by Gasteiger charge is 2.29. The van der Waals surface area contributed by atoms with Crippen molar-refractivity contribution in [3.05, 3.63) is 70.3 Å². The lowest BCUT2D eigenvalue weighted by molar-refractivity contribution is -0.113. The summed E-state index contributed by atoms with van der Waals surface area (Å²) in [7, 11) is 0. The topological polar surface area (TPSA) is 93.7 Å². The van der Waals surface area contributed by atoms with E-state index in [4.69, 9.17) is 9.84 Å². The van der Waals surface area contributed by atoms with Gasteiger partial charge < -0.3 is 20.1 Å². The van der Waals surface area contributed by atoms with Gasteiger partial charge in [0.1, 0.15) is 0 Å². The molecule has 0 radical (unpaired) electrons. The first kappa shape index (κ1) is 20.5. The molecule has 1 fully saturated rings. The van der Waals surface area contributed by atoms with Crippen LogP contribution in [0.3, 0.4) is 0 Å². The second-order valence-electron chi connectivity index (χ2n) is 7.40. The van der Waals surface area contributed by atoms with E-state index in [9.17, 15) is 15.5 Å². The maximum atomic E-state index is 10.1. The first-order valence-electron chi connectivity index (χ1n) is 9.79. The summed E-state index contributed by atoms with van der Waals surface area (Å²) in [5.74, 6) is 0. The Labute approximate surface area is 165 Å². The molecule has 0 saturated carbocycles. The van der Waals surface area contributed by atoms with Crippen LogP contribution in [0, 0.1) is 11.3 Å². The van der Waals surface area contributed by atoms with Crippen molar-refractivity contribution in [2.24, 2.45) is 0 Å². The van der Waals surface area contributed by atoms with Crippen LogP contribution in [0.15, 0.2) is 42.5 Å². The summed E-state index contributed by atoms with van der Waals surface area (Å²) in [4.78, 5) is 0. The summed E-state index contributed by atoms with van der Waals surface area (Å²) in [5, 5.41) is 37.9. The smallest absolute Gasteiger partial charge is 0.0994 e. The number of hydrogen-bond donors (Lipinski definition) is 3. The number of nitriles is 1. The van der Waals surface area contributed by atoms with Crippen LogP contribution in [0.1, 0.15) is 53.2 Å². The minimum Gasteiger partial charge on any atom is -0.396 e. The van der Waals surface area contributed by atoms with Crippen LogP contribution in [0.4, 0.5) is 0 Å². The highest BCUT2D eigenvalue weighted by molar-refractivity contribution is 5.44. The predicted octanol–water partition coefficient (Wildman–Crippen LogP) is 2.65. The zero-order valence-electron chi connectivity index (χ0n) is 15.9. The quantitative estimate of drug-likeness (QED) is 0.686. The van der Waals surface area contributed by atoms with Gasteiger partial charge in [-0.15, -0.1) is 0 Å². The molecule has 0 bridgehead atoms. The van der Waals surface area contributed by atoms with Crippen LogP contribution in [-0.2, 0) is 17.6 Å². The van der Waals surface area contributed by atoms with Gasteiger partial charge in [0.05, 0.1) is 36.6 Å². The number of rotatable bonds is 7. The Hall–Kier alpha value is -2.23. The molecule has 0 amide bonds. The lowest BCUT2D eigenvalue weighted by atomic mass is 9.92. The number of hydrogen-bond acceptors (Lipinski definition) is 5. The highest BCUT2D eigenvalue weighted by atomic mass is 16.5. The molecule has 1 aliphatic rings. The van der Waals surface area contributed by atoms with Gasteiger partial charge in [-0.2, -0.15) is 5.26 Å². The van der Waals surface area contributed by atoms with Crippen LogP contribution in [0.5, 0.6) is 0 Å². The number of aliphatic hydroxyl groups excluding tert-OH is 3. The molecule has 3 atom stereocenters. The normalized spacial score (nSPS) is 22.0. The van der Waals surface area contributed by atoms with Crippen LogP contribution in [-0.4, -0.2) is 40.7 Å². The first-order valence-corrected chi connectivity index (χ1v) is 9.79. The Morgan fingerprint density at radius 1 is 1.04 bits per heavy atom. The molecule has 3 N–H and O–H groups in total. The molecule has 0 aliphatic carbocycles. The highest BCUT2D eigenvalue weighted by Crippen LogP contribution is 2.32. The maximum absolute atomic E-state index is 10.1. The van der Waals surface area contributed by atoms with E-state index in [1.807, 2.05) is 12.1 Å². The summed E-state index contributed by atoms with van der Waals surface area (Å²) >= 11 is 0. The minimum absolute atomic E-state index is 0.112. The number of nitrogens with zero attached hydrogens (tertiary/aromatic N) is 1. The molecule has 5 heteroatoms. The molecule has 1 saturated heterocycles. The van der Waals surface area contributed by atoms with Gasteiger partial charge in [-0.25, -0.2) is 0 Å². The van der Waals surface area contributed by atoms with Gasteiger partial charge in [0.25, 0.3) is 0 Å². The van der Waals surface area contributed by atoms with E-state index in [1.54, 1.807) is 6.07 Å². The molecule has 0 spiro atoms. The molecule has 148 valence electrons. The van der Waals surface area contributed by atoms with Gasteiger partial charge in [0, 0.05) is 19.4 Å². The lowest BCUT2D eigenvalue weighted by Crippen LogP contribution is -2.33. The minimum atomic E-state index is -0.499. The molecule has 5 nitrogen and oxygen atoms in total. The predicted molar refractivity (Wildman–Crippen MR) is 106 cm³/mol. The van der Waals surface area contributed by atoms with E-state index < -0.39 is 6.10 Å². The van der Waals surface area contributed by atoms with Crippen molar-refractivity contribution in [3.8, 4) is 6.07 Å². The number of aryl methyl sites for hydroxylation is 1. The van der Waals surface area contributed by atoms with Gasteiger partial charge in [-0.3, -0.25) is 0 Å². The number of aliphatic hydroxyl groups is 3. The fourth-order valence-electron chi connectivity index (χ4n) is 3.72. The van der Waals surface area contributed by atoms with Crippen molar-refractivity contribution < 1.29 is 20.1 Å². The van der Waals surface area contributed by atoms with Gasteiger partial charge in [-0.05, 0) is 47.6 Å². The zero-order valence-corrected chi connectivity index (χ0v) is 15.9. The van der Waals surface area contributed by atoms with Crippen molar-refractivity contribution in [2.75, 3.05) is 13.2 Å². The van der Waals surface area contributed by atoms with Crippen molar-refractivity contribution in [1.29, 1.82) is 5.26 Å². The van der Waals surface area contributed by atoms with Crippen molar-refractivity contribution in [2.45, 2.75) is 50.4 Å². The van der Waals surface area contributed by atoms with Gasteiger partial charge in [0.2, 0.25) is 0 Å². The monoisotopic (exact) mass is 381 g/mol. The largest absolute Gasteiger partial charge is 0.396 e. The zero-order chi connectivity index (χ0) is 19.9. The average Bonchev–Trinajstić information content (AvgIpc) is 2.72. The first-order chi connectivity index (χ1) is 13.6. The van der Waals surface area contributed by atoms with Crippen LogP contribution in [0.2, 0.25) is 0 Å². The second kappa shape index (κ2) is 9.81. The Morgan fingerprint density at radius 3 is 2.46 bits per heavy atom. The van der Waals surface area contributed by atoms with E-state index in [1.165, 1.54) is 5.56 Å². The fraction of sp³-hybridized carbons (Fsp3) is 0.435. The van der Waals surface area contributed by atoms with E-state index in [0.29, 0.717) is 24.8 Å². The molecule has 0 unspecified atom stereocenters. The van der Waals surface area contributed by atoms with Crippen LogP contribution >= 0.6 is 0 Å². The average molecular weight is 381 g/mol. The van der Waals surface area contributed by atoms with Crippen molar-refractivity contribution in [3.63, 3.8) is 0 Å². The summed E-state index contributed by atoms with van der Waals surface area (Å²) in [5.41, 5.74) is 4.77. The Bertz CT molecular complexity index is 812. The molecule has 2 aromatic carbocycles. The molecule has 28 heavy (non-hydrogen) atoms. The van der Waals surface area contributed by atoms with E-state index in [-0.39, 0.29) is 25.4 Å². The van der Waals surface area contributed by atoms with E-state index in [0.717, 1.165) is 29.5 Å². The third-order valence-electron chi connectivity index (χ3n) is 5.24. The fourth-order valence-corrected chi connectivity index (χ4v) is 3.72. The molecular formula is C23H27NO4. The standard InChI is InChI=1S/C23H27NO4/c24-14-19-8-7-18(23-13-21(27)12-22(15-26)28-23)11-20(19)10-17-5-3-16(4-6-17)2-1-9-25/h3-8,11,21-23,25-27H,1-2,9-10,12-13,15H2/t21-,22-,23+/m0/s1.